The molecule has 0 unspecified atom stereocenters. The van der Waals surface area contributed by atoms with Gasteiger partial charge in [-0.3, -0.25) is 4.79 Å². The van der Waals surface area contributed by atoms with E-state index >= 15 is 0 Å². The average Bonchev–Trinajstić information content (AvgIpc) is 3.01. The third-order valence-corrected chi connectivity index (χ3v) is 3.09. The lowest BCUT2D eigenvalue weighted by Crippen LogP contribution is -2.24. The Balaban J connectivity index is 2.11. The number of carbonyl (C=O) groups excluding carboxylic acids is 1. The fraction of sp³-hybridized carbons (Fsp3) is 0.294. The topological polar surface area (TPSA) is 98.0 Å². The Kier molecular flexibility index (Phi) is 5.47. The van der Waals surface area contributed by atoms with Crippen molar-refractivity contribution in [3.63, 3.8) is 0 Å². The van der Waals surface area contributed by atoms with Gasteiger partial charge in [0, 0.05) is 6.07 Å². The number of hydrogen-bond donors (Lipinski definition) is 2. The lowest BCUT2D eigenvalue weighted by molar-refractivity contribution is 0.0660. The molecule has 0 atom stereocenters. The van der Waals surface area contributed by atoms with Crippen molar-refractivity contribution in [2.45, 2.75) is 26.5 Å². The Bertz CT molecular complexity index is 734. The van der Waals surface area contributed by atoms with E-state index < -0.39 is 5.97 Å². The Morgan fingerprint density at radius 3 is 2.58 bits per heavy atom. The van der Waals surface area contributed by atoms with Gasteiger partial charge in [0.2, 0.25) is 5.76 Å². The summed E-state index contributed by atoms with van der Waals surface area (Å²) in [6.45, 7) is 3.79. The first-order valence-corrected chi connectivity index (χ1v) is 7.35. The largest absolute Gasteiger partial charge is 0.497 e. The number of carbonyl (C=O) groups is 2. The van der Waals surface area contributed by atoms with Gasteiger partial charge in [-0.05, 0) is 38.1 Å². The van der Waals surface area contributed by atoms with E-state index in [1.165, 1.54) is 19.2 Å². The van der Waals surface area contributed by atoms with Crippen LogP contribution in [0.15, 0.2) is 34.7 Å². The predicted octanol–water partition coefficient (Wildman–Crippen LogP) is 2.70. The summed E-state index contributed by atoms with van der Waals surface area (Å²) in [7, 11) is 1.53. The van der Waals surface area contributed by atoms with Gasteiger partial charge >= 0.3 is 5.97 Å². The van der Waals surface area contributed by atoms with Gasteiger partial charge in [0.25, 0.3) is 5.91 Å². The summed E-state index contributed by atoms with van der Waals surface area (Å²) in [6.07, 6.45) is -0.105. The normalized spacial score (nSPS) is 10.5. The average molecular weight is 333 g/mol. The van der Waals surface area contributed by atoms with Gasteiger partial charge in [-0.15, -0.1) is 0 Å². The van der Waals surface area contributed by atoms with Crippen molar-refractivity contribution in [2.24, 2.45) is 0 Å². The summed E-state index contributed by atoms with van der Waals surface area (Å²) < 4.78 is 15.9. The first-order chi connectivity index (χ1) is 11.4. The van der Waals surface area contributed by atoms with Crippen molar-refractivity contribution in [1.82, 2.24) is 5.32 Å². The lowest BCUT2D eigenvalue weighted by Gasteiger charge is -2.15. The first kappa shape index (κ1) is 17.4. The van der Waals surface area contributed by atoms with Crippen LogP contribution >= 0.6 is 0 Å². The van der Waals surface area contributed by atoms with Gasteiger partial charge in [-0.2, -0.15) is 0 Å². The maximum atomic E-state index is 12.4. The third-order valence-electron chi connectivity index (χ3n) is 3.09. The van der Waals surface area contributed by atoms with E-state index in [0.29, 0.717) is 22.8 Å². The van der Waals surface area contributed by atoms with Crippen molar-refractivity contribution < 1.29 is 28.6 Å². The molecule has 2 N–H and O–H groups in total. The van der Waals surface area contributed by atoms with Gasteiger partial charge in [0.1, 0.15) is 17.3 Å². The van der Waals surface area contributed by atoms with Crippen LogP contribution in [0.2, 0.25) is 0 Å². The summed E-state index contributed by atoms with van der Waals surface area (Å²) in [5.74, 6) is -0.350. The molecule has 128 valence electrons. The van der Waals surface area contributed by atoms with Gasteiger partial charge in [-0.1, -0.05) is 0 Å². The summed E-state index contributed by atoms with van der Waals surface area (Å²) in [5, 5.41) is 11.5. The molecule has 0 saturated carbocycles. The van der Waals surface area contributed by atoms with E-state index in [1.54, 1.807) is 18.2 Å². The highest BCUT2D eigenvalue weighted by atomic mass is 16.5. The number of aromatic carboxylic acids is 1. The number of rotatable bonds is 7. The van der Waals surface area contributed by atoms with E-state index in [9.17, 15) is 9.59 Å². The van der Waals surface area contributed by atoms with Crippen molar-refractivity contribution in [2.75, 3.05) is 7.11 Å². The van der Waals surface area contributed by atoms with Crippen LogP contribution in [-0.4, -0.2) is 30.2 Å². The molecule has 1 amide bonds. The molecule has 0 bridgehead atoms. The number of amides is 1. The van der Waals surface area contributed by atoms with Crippen LogP contribution in [0.1, 0.15) is 40.5 Å². The third kappa shape index (κ3) is 4.28. The molecular formula is C17H19NO6. The fourth-order valence-corrected chi connectivity index (χ4v) is 2.02. The summed E-state index contributed by atoms with van der Waals surface area (Å²) >= 11 is 0. The number of methoxy groups -OCH3 is 1. The van der Waals surface area contributed by atoms with Crippen molar-refractivity contribution >= 4 is 11.9 Å². The molecule has 7 heteroatoms. The molecular weight excluding hydrogens is 314 g/mol. The van der Waals surface area contributed by atoms with Crippen LogP contribution < -0.4 is 14.8 Å². The number of nitrogens with one attached hydrogen (secondary N) is 1. The summed E-state index contributed by atoms with van der Waals surface area (Å²) in [4.78, 5) is 23.1. The molecule has 0 aliphatic carbocycles. The number of benzene rings is 1. The van der Waals surface area contributed by atoms with Crippen LogP contribution in [-0.2, 0) is 6.54 Å². The predicted molar refractivity (Wildman–Crippen MR) is 85.6 cm³/mol. The van der Waals surface area contributed by atoms with Crippen molar-refractivity contribution in [3.8, 4) is 11.5 Å². The molecule has 2 rings (SSSR count). The van der Waals surface area contributed by atoms with E-state index in [1.807, 2.05) is 13.8 Å². The second-order valence-electron chi connectivity index (χ2n) is 5.28. The fourth-order valence-electron chi connectivity index (χ4n) is 2.02. The van der Waals surface area contributed by atoms with E-state index in [0.717, 1.165) is 0 Å². The molecule has 1 heterocycles. The van der Waals surface area contributed by atoms with Gasteiger partial charge in [0.15, 0.2) is 0 Å². The summed E-state index contributed by atoms with van der Waals surface area (Å²) in [6, 6.07) is 7.76. The smallest absolute Gasteiger partial charge is 0.371 e. The van der Waals surface area contributed by atoms with Crippen LogP contribution in [0, 0.1) is 0 Å². The molecule has 0 radical (unpaired) electrons. The highest BCUT2D eigenvalue weighted by Crippen LogP contribution is 2.26. The number of carboxylic acid groups (broad SMARTS) is 1. The van der Waals surface area contributed by atoms with Gasteiger partial charge in [-0.25, -0.2) is 4.79 Å². The molecule has 2 aromatic rings. The number of furan rings is 1. The van der Waals surface area contributed by atoms with Crippen molar-refractivity contribution in [3.05, 3.63) is 47.4 Å². The van der Waals surface area contributed by atoms with E-state index in [2.05, 4.69) is 5.32 Å². The zero-order chi connectivity index (χ0) is 17.7. The number of ether oxygens (including phenoxy) is 2. The SMILES string of the molecule is COc1ccc(C(=O)NCc2ccc(C(=O)O)o2)c(OC(C)C)c1. The molecule has 0 fully saturated rings. The van der Waals surface area contributed by atoms with Crippen LogP contribution in [0.5, 0.6) is 11.5 Å². The molecule has 1 aromatic heterocycles. The molecule has 0 saturated heterocycles. The standard InChI is InChI=1S/C17H19NO6/c1-10(2)23-15-8-11(22-3)4-6-13(15)16(19)18-9-12-5-7-14(24-12)17(20)21/h4-8,10H,9H2,1-3H3,(H,18,19)(H,20,21). The summed E-state index contributed by atoms with van der Waals surface area (Å²) in [5.41, 5.74) is 0.356. The number of carboxylic acids is 1. The van der Waals surface area contributed by atoms with Crippen LogP contribution in [0.25, 0.3) is 0 Å². The maximum Gasteiger partial charge on any atom is 0.371 e. The zero-order valence-electron chi connectivity index (χ0n) is 13.7. The molecule has 7 nitrogen and oxygen atoms in total. The molecule has 0 aliphatic heterocycles. The quantitative estimate of drug-likeness (QED) is 0.808. The maximum absolute atomic E-state index is 12.4. The molecule has 1 aromatic carbocycles. The highest BCUT2D eigenvalue weighted by Gasteiger charge is 2.16. The Morgan fingerprint density at radius 1 is 1.25 bits per heavy atom. The Morgan fingerprint density at radius 2 is 2.00 bits per heavy atom. The molecule has 0 aliphatic rings. The Labute approximate surface area is 139 Å². The Hall–Kier alpha value is -2.96. The molecule has 0 spiro atoms. The van der Waals surface area contributed by atoms with E-state index in [-0.39, 0.29) is 24.3 Å². The van der Waals surface area contributed by atoms with Gasteiger partial charge in [0.05, 0.1) is 25.3 Å². The van der Waals surface area contributed by atoms with E-state index in [4.69, 9.17) is 19.0 Å². The second-order valence-corrected chi connectivity index (χ2v) is 5.28. The number of hydrogen-bond acceptors (Lipinski definition) is 5. The second kappa shape index (κ2) is 7.54. The first-order valence-electron chi connectivity index (χ1n) is 7.35. The minimum atomic E-state index is -1.16. The monoisotopic (exact) mass is 333 g/mol. The highest BCUT2D eigenvalue weighted by molar-refractivity contribution is 5.97. The van der Waals surface area contributed by atoms with Crippen molar-refractivity contribution in [1.29, 1.82) is 0 Å². The molecule has 24 heavy (non-hydrogen) atoms. The lowest BCUT2D eigenvalue weighted by atomic mass is 10.1. The van der Waals surface area contributed by atoms with Crippen LogP contribution in [0.4, 0.5) is 0 Å². The van der Waals surface area contributed by atoms with Gasteiger partial charge < -0.3 is 24.3 Å². The minimum Gasteiger partial charge on any atom is -0.497 e. The van der Waals surface area contributed by atoms with Crippen LogP contribution in [0.3, 0.4) is 0 Å². The minimum absolute atomic E-state index is 0.0687. The zero-order valence-corrected chi connectivity index (χ0v) is 13.7.